The van der Waals surface area contributed by atoms with Crippen molar-refractivity contribution < 1.29 is 23.1 Å². The van der Waals surface area contributed by atoms with Gasteiger partial charge in [-0.15, -0.1) is 0 Å². The second kappa shape index (κ2) is 9.47. The first-order chi connectivity index (χ1) is 15.4. The number of carbonyl (C=O) groups is 2. The highest BCUT2D eigenvalue weighted by atomic mass is 127. The second-order valence-corrected chi connectivity index (χ2v) is 8.27. The van der Waals surface area contributed by atoms with Gasteiger partial charge in [0.2, 0.25) is 0 Å². The van der Waals surface area contributed by atoms with Crippen molar-refractivity contribution in [2.24, 2.45) is 0 Å². The van der Waals surface area contributed by atoms with E-state index in [4.69, 9.17) is 4.74 Å². The molecule has 162 valence electrons. The van der Waals surface area contributed by atoms with E-state index in [9.17, 15) is 18.4 Å². The average Bonchev–Trinajstić information content (AvgIpc) is 3.03. The zero-order chi connectivity index (χ0) is 22.7. The SMILES string of the molecule is O=C1N/C(=C/c2ccc(OCc3ccc(F)cc3)c(I)c2)C(=O)N1Cc1ccc(F)cc1. The Labute approximate surface area is 196 Å². The van der Waals surface area contributed by atoms with E-state index in [0.29, 0.717) is 17.9 Å². The van der Waals surface area contributed by atoms with Gasteiger partial charge in [0.15, 0.2) is 0 Å². The topological polar surface area (TPSA) is 58.6 Å². The minimum atomic E-state index is -0.528. The van der Waals surface area contributed by atoms with Crippen LogP contribution in [0.1, 0.15) is 16.7 Å². The van der Waals surface area contributed by atoms with Crippen LogP contribution >= 0.6 is 22.6 Å². The maximum Gasteiger partial charge on any atom is 0.329 e. The van der Waals surface area contributed by atoms with Crippen molar-refractivity contribution in [1.29, 1.82) is 0 Å². The van der Waals surface area contributed by atoms with Gasteiger partial charge in [0, 0.05) is 0 Å². The van der Waals surface area contributed by atoms with Crippen molar-refractivity contribution >= 4 is 40.6 Å². The molecule has 0 unspecified atom stereocenters. The normalized spacial score (nSPS) is 14.7. The Hall–Kier alpha value is -3.27. The van der Waals surface area contributed by atoms with E-state index in [0.717, 1.165) is 19.6 Å². The molecule has 0 bridgehead atoms. The molecule has 0 aliphatic carbocycles. The van der Waals surface area contributed by atoms with E-state index < -0.39 is 11.9 Å². The van der Waals surface area contributed by atoms with Crippen molar-refractivity contribution in [2.45, 2.75) is 13.2 Å². The number of halogens is 3. The van der Waals surface area contributed by atoms with Gasteiger partial charge >= 0.3 is 6.03 Å². The molecule has 1 aliphatic heterocycles. The molecule has 0 atom stereocenters. The number of hydrogen-bond acceptors (Lipinski definition) is 3. The molecule has 1 saturated heterocycles. The monoisotopic (exact) mass is 546 g/mol. The molecule has 3 aromatic rings. The van der Waals surface area contributed by atoms with Gasteiger partial charge in [-0.2, -0.15) is 0 Å². The largest absolute Gasteiger partial charge is 0.488 e. The lowest BCUT2D eigenvalue weighted by Crippen LogP contribution is -2.30. The summed E-state index contributed by atoms with van der Waals surface area (Å²) in [6.45, 7) is 0.347. The fourth-order valence-electron chi connectivity index (χ4n) is 3.12. The lowest BCUT2D eigenvalue weighted by atomic mass is 10.1. The van der Waals surface area contributed by atoms with Crippen LogP contribution in [0.15, 0.2) is 72.4 Å². The van der Waals surface area contributed by atoms with Gasteiger partial charge in [-0.05, 0) is 81.8 Å². The molecule has 1 heterocycles. The molecule has 1 aliphatic rings. The van der Waals surface area contributed by atoms with E-state index >= 15 is 0 Å². The molecule has 3 amide bonds. The number of ether oxygens (including phenoxy) is 1. The predicted octanol–water partition coefficient (Wildman–Crippen LogP) is 5.24. The predicted molar refractivity (Wildman–Crippen MR) is 123 cm³/mol. The van der Waals surface area contributed by atoms with Gasteiger partial charge in [-0.1, -0.05) is 30.3 Å². The number of nitrogens with zero attached hydrogens (tertiary/aromatic N) is 1. The molecular formula is C24H17F2IN2O3. The Balaban J connectivity index is 1.44. The van der Waals surface area contributed by atoms with Gasteiger partial charge in [-0.25, -0.2) is 13.6 Å². The molecule has 0 aromatic heterocycles. The number of rotatable bonds is 6. The van der Waals surface area contributed by atoms with E-state index in [1.54, 1.807) is 30.3 Å². The van der Waals surface area contributed by atoms with E-state index in [1.165, 1.54) is 36.4 Å². The van der Waals surface area contributed by atoms with Gasteiger partial charge in [0.1, 0.15) is 29.7 Å². The lowest BCUT2D eigenvalue weighted by molar-refractivity contribution is -0.123. The summed E-state index contributed by atoms with van der Waals surface area (Å²) in [6, 6.07) is 16.6. The Morgan fingerprint density at radius 2 is 1.53 bits per heavy atom. The summed E-state index contributed by atoms with van der Waals surface area (Å²) in [5.41, 5.74) is 2.37. The molecule has 32 heavy (non-hydrogen) atoms. The highest BCUT2D eigenvalue weighted by Crippen LogP contribution is 2.25. The summed E-state index contributed by atoms with van der Waals surface area (Å²) in [5.74, 6) is -0.487. The molecule has 0 spiro atoms. The molecule has 5 nitrogen and oxygen atoms in total. The molecule has 1 fully saturated rings. The van der Waals surface area contributed by atoms with Crippen LogP contribution in [0.2, 0.25) is 0 Å². The fraction of sp³-hybridized carbons (Fsp3) is 0.0833. The molecule has 3 aromatic carbocycles. The average molecular weight is 546 g/mol. The Morgan fingerprint density at radius 3 is 2.16 bits per heavy atom. The maximum atomic E-state index is 13.1. The maximum absolute atomic E-state index is 13.1. The van der Waals surface area contributed by atoms with Crippen molar-refractivity contribution in [1.82, 2.24) is 10.2 Å². The van der Waals surface area contributed by atoms with Crippen molar-refractivity contribution in [2.75, 3.05) is 0 Å². The Kier molecular flexibility index (Phi) is 6.50. The smallest absolute Gasteiger partial charge is 0.329 e. The zero-order valence-corrected chi connectivity index (χ0v) is 18.8. The number of amides is 3. The van der Waals surface area contributed by atoms with Gasteiger partial charge < -0.3 is 10.1 Å². The first-order valence-electron chi connectivity index (χ1n) is 9.65. The Bertz CT molecular complexity index is 1190. The lowest BCUT2D eigenvalue weighted by Gasteiger charge is -2.11. The van der Waals surface area contributed by atoms with Crippen LogP contribution in [0.5, 0.6) is 5.75 Å². The highest BCUT2D eigenvalue weighted by molar-refractivity contribution is 14.1. The number of imide groups is 1. The van der Waals surface area contributed by atoms with Gasteiger partial charge in [0.05, 0.1) is 10.1 Å². The van der Waals surface area contributed by atoms with Crippen LogP contribution in [0, 0.1) is 15.2 Å². The highest BCUT2D eigenvalue weighted by Gasteiger charge is 2.33. The van der Waals surface area contributed by atoms with Crippen LogP contribution in [0.3, 0.4) is 0 Å². The number of carbonyl (C=O) groups excluding carboxylic acids is 2. The van der Waals surface area contributed by atoms with Crippen LogP contribution < -0.4 is 10.1 Å². The summed E-state index contributed by atoms with van der Waals surface area (Å²) in [4.78, 5) is 26.0. The number of benzene rings is 3. The minimum Gasteiger partial charge on any atom is -0.488 e. The molecule has 0 saturated carbocycles. The summed E-state index contributed by atoms with van der Waals surface area (Å²) >= 11 is 2.12. The molecular weight excluding hydrogens is 529 g/mol. The number of urea groups is 1. The summed E-state index contributed by atoms with van der Waals surface area (Å²) in [5, 5.41) is 2.58. The molecule has 1 N–H and O–H groups in total. The zero-order valence-electron chi connectivity index (χ0n) is 16.6. The number of hydrogen-bond donors (Lipinski definition) is 1. The van der Waals surface area contributed by atoms with E-state index in [2.05, 4.69) is 27.9 Å². The summed E-state index contributed by atoms with van der Waals surface area (Å²) in [7, 11) is 0. The third-order valence-electron chi connectivity index (χ3n) is 4.79. The van der Waals surface area contributed by atoms with Crippen LogP contribution in [0.4, 0.5) is 13.6 Å². The molecule has 8 heteroatoms. The third kappa shape index (κ3) is 5.13. The van der Waals surface area contributed by atoms with Crippen molar-refractivity contribution in [3.8, 4) is 5.75 Å². The van der Waals surface area contributed by atoms with Crippen LogP contribution in [-0.2, 0) is 17.9 Å². The Morgan fingerprint density at radius 1 is 0.906 bits per heavy atom. The quantitative estimate of drug-likeness (QED) is 0.262. The standard InChI is InChI=1S/C24H17F2IN2O3/c25-18-6-1-15(2-7-18)13-29-23(30)21(28-24(29)31)12-17-5-10-22(20(27)11-17)32-14-16-3-8-19(26)9-4-16/h1-12H,13-14H2,(H,28,31)/b21-12+. The van der Waals surface area contributed by atoms with Crippen molar-refractivity contribution in [3.63, 3.8) is 0 Å². The van der Waals surface area contributed by atoms with E-state index in [-0.39, 0.29) is 23.9 Å². The minimum absolute atomic E-state index is 0.0516. The summed E-state index contributed by atoms with van der Waals surface area (Å²) < 4.78 is 32.7. The first-order valence-corrected chi connectivity index (χ1v) is 10.7. The van der Waals surface area contributed by atoms with Gasteiger partial charge in [-0.3, -0.25) is 9.69 Å². The van der Waals surface area contributed by atoms with E-state index in [1.807, 2.05) is 6.07 Å². The van der Waals surface area contributed by atoms with Crippen molar-refractivity contribution in [3.05, 3.63) is 104 Å². The second-order valence-electron chi connectivity index (χ2n) is 7.11. The van der Waals surface area contributed by atoms with Crippen LogP contribution in [-0.4, -0.2) is 16.8 Å². The third-order valence-corrected chi connectivity index (χ3v) is 5.63. The first kappa shape index (κ1) is 21.9. The van der Waals surface area contributed by atoms with Gasteiger partial charge in [0.25, 0.3) is 5.91 Å². The molecule has 4 rings (SSSR count). The number of nitrogens with one attached hydrogen (secondary N) is 1. The molecule has 0 radical (unpaired) electrons. The fourth-order valence-corrected chi connectivity index (χ4v) is 3.81. The van der Waals surface area contributed by atoms with Crippen LogP contribution in [0.25, 0.3) is 6.08 Å². The summed E-state index contributed by atoms with van der Waals surface area (Å²) in [6.07, 6.45) is 1.59.